The van der Waals surface area contributed by atoms with Gasteiger partial charge in [0.2, 0.25) is 10.0 Å². The first-order valence-corrected chi connectivity index (χ1v) is 10.4. The standard InChI is InChI=1S/C18H20ClN3O6S/c1-11(2)21-29(26,27)14-6-7-17(15(19)9-14)28-10-18(23)20-16-8-13(22(24)25)5-4-12(16)3/h4-9,11,21H,10H2,1-3H3,(H,20,23). The Labute approximate surface area is 173 Å². The topological polar surface area (TPSA) is 128 Å². The number of hydrogen-bond donors (Lipinski definition) is 2. The second-order valence-electron chi connectivity index (χ2n) is 6.46. The number of nitro benzene ring substituents is 1. The van der Waals surface area contributed by atoms with E-state index < -0.39 is 27.5 Å². The first kappa shape index (κ1) is 22.6. The minimum atomic E-state index is -3.71. The summed E-state index contributed by atoms with van der Waals surface area (Å²) < 4.78 is 32.1. The first-order valence-electron chi connectivity index (χ1n) is 8.49. The number of benzene rings is 2. The smallest absolute Gasteiger partial charge is 0.271 e. The predicted molar refractivity (Wildman–Crippen MR) is 109 cm³/mol. The lowest BCUT2D eigenvalue weighted by molar-refractivity contribution is -0.384. The average Bonchev–Trinajstić information content (AvgIpc) is 2.61. The monoisotopic (exact) mass is 441 g/mol. The Bertz CT molecular complexity index is 1040. The molecule has 0 atom stereocenters. The number of sulfonamides is 1. The molecule has 0 spiro atoms. The van der Waals surface area contributed by atoms with Gasteiger partial charge in [-0.2, -0.15) is 0 Å². The molecule has 1 amide bonds. The number of amides is 1. The van der Waals surface area contributed by atoms with Crippen molar-refractivity contribution in [2.45, 2.75) is 31.7 Å². The number of ether oxygens (including phenoxy) is 1. The van der Waals surface area contributed by atoms with Crippen molar-refractivity contribution < 1.29 is 22.9 Å². The van der Waals surface area contributed by atoms with Gasteiger partial charge >= 0.3 is 0 Å². The Morgan fingerprint density at radius 3 is 2.52 bits per heavy atom. The van der Waals surface area contributed by atoms with Gasteiger partial charge in [0.1, 0.15) is 5.75 Å². The van der Waals surface area contributed by atoms with Crippen molar-refractivity contribution in [3.8, 4) is 5.75 Å². The highest BCUT2D eigenvalue weighted by Gasteiger charge is 2.18. The van der Waals surface area contributed by atoms with E-state index in [1.54, 1.807) is 20.8 Å². The molecule has 0 saturated carbocycles. The lowest BCUT2D eigenvalue weighted by atomic mass is 10.2. The highest BCUT2D eigenvalue weighted by Crippen LogP contribution is 2.28. The van der Waals surface area contributed by atoms with E-state index >= 15 is 0 Å². The van der Waals surface area contributed by atoms with Crippen LogP contribution in [0.3, 0.4) is 0 Å². The Morgan fingerprint density at radius 2 is 1.93 bits per heavy atom. The van der Waals surface area contributed by atoms with Crippen molar-refractivity contribution in [3.63, 3.8) is 0 Å². The summed E-state index contributed by atoms with van der Waals surface area (Å²) in [6, 6.07) is 7.72. The summed E-state index contributed by atoms with van der Waals surface area (Å²) in [4.78, 5) is 22.4. The molecule has 0 bridgehead atoms. The third-order valence-corrected chi connectivity index (χ3v) is 5.62. The molecule has 0 fully saturated rings. The molecule has 0 aliphatic heterocycles. The fourth-order valence-electron chi connectivity index (χ4n) is 2.33. The van der Waals surface area contributed by atoms with Crippen LogP contribution in [0, 0.1) is 17.0 Å². The number of nitro groups is 1. The maximum Gasteiger partial charge on any atom is 0.271 e. The van der Waals surface area contributed by atoms with Crippen LogP contribution in [-0.2, 0) is 14.8 Å². The zero-order valence-corrected chi connectivity index (χ0v) is 17.5. The minimum Gasteiger partial charge on any atom is -0.482 e. The molecule has 2 N–H and O–H groups in total. The van der Waals surface area contributed by atoms with Gasteiger partial charge in [-0.1, -0.05) is 17.7 Å². The summed E-state index contributed by atoms with van der Waals surface area (Å²) in [6.07, 6.45) is 0. The van der Waals surface area contributed by atoms with Crippen LogP contribution in [0.2, 0.25) is 5.02 Å². The van der Waals surface area contributed by atoms with Crippen LogP contribution in [0.4, 0.5) is 11.4 Å². The minimum absolute atomic E-state index is 0.0240. The Hall–Kier alpha value is -2.69. The number of carbonyl (C=O) groups is 1. The molecule has 0 aliphatic rings. The van der Waals surface area contributed by atoms with E-state index in [1.165, 1.54) is 36.4 Å². The van der Waals surface area contributed by atoms with Gasteiger partial charge in [-0.05, 0) is 44.5 Å². The highest BCUT2D eigenvalue weighted by atomic mass is 35.5. The molecule has 0 unspecified atom stereocenters. The number of nitrogens with zero attached hydrogens (tertiary/aromatic N) is 1. The number of aryl methyl sites for hydroxylation is 1. The van der Waals surface area contributed by atoms with Crippen LogP contribution in [0.25, 0.3) is 0 Å². The van der Waals surface area contributed by atoms with E-state index in [0.717, 1.165) is 0 Å². The number of nitrogens with one attached hydrogen (secondary N) is 2. The number of hydrogen-bond acceptors (Lipinski definition) is 6. The molecule has 0 heterocycles. The van der Waals surface area contributed by atoms with E-state index in [1.807, 2.05) is 0 Å². The zero-order chi connectivity index (χ0) is 21.8. The van der Waals surface area contributed by atoms with Crippen molar-refractivity contribution in [2.75, 3.05) is 11.9 Å². The second-order valence-corrected chi connectivity index (χ2v) is 8.58. The number of rotatable bonds is 8. The highest BCUT2D eigenvalue weighted by molar-refractivity contribution is 7.89. The van der Waals surface area contributed by atoms with Crippen LogP contribution >= 0.6 is 11.6 Å². The molecule has 0 aromatic heterocycles. The Balaban J connectivity index is 2.06. The van der Waals surface area contributed by atoms with Gasteiger partial charge in [0.15, 0.2) is 6.61 Å². The number of non-ortho nitro benzene ring substituents is 1. The SMILES string of the molecule is Cc1ccc([N+](=O)[O-])cc1NC(=O)COc1ccc(S(=O)(=O)NC(C)C)cc1Cl. The number of halogens is 1. The maximum absolute atomic E-state index is 12.2. The summed E-state index contributed by atoms with van der Waals surface area (Å²) in [5.74, 6) is -0.427. The van der Waals surface area contributed by atoms with Gasteiger partial charge in [0, 0.05) is 18.2 Å². The van der Waals surface area contributed by atoms with Crippen LogP contribution < -0.4 is 14.8 Å². The summed E-state index contributed by atoms with van der Waals surface area (Å²) in [5.41, 5.74) is 0.788. The van der Waals surface area contributed by atoms with E-state index in [9.17, 15) is 23.3 Å². The fourth-order valence-corrected chi connectivity index (χ4v) is 3.91. The van der Waals surface area contributed by atoms with Crippen molar-refractivity contribution >= 4 is 38.9 Å². The largest absolute Gasteiger partial charge is 0.482 e. The van der Waals surface area contributed by atoms with Gasteiger partial charge in [-0.3, -0.25) is 14.9 Å². The normalized spacial score (nSPS) is 11.3. The van der Waals surface area contributed by atoms with E-state index in [4.69, 9.17) is 16.3 Å². The molecule has 9 nitrogen and oxygen atoms in total. The van der Waals surface area contributed by atoms with Gasteiger partial charge in [0.05, 0.1) is 20.5 Å². The van der Waals surface area contributed by atoms with Crippen LogP contribution in [-0.4, -0.2) is 31.9 Å². The lowest BCUT2D eigenvalue weighted by Gasteiger charge is -2.12. The van der Waals surface area contributed by atoms with E-state index in [-0.39, 0.29) is 27.4 Å². The molecule has 0 aliphatic carbocycles. The molecule has 2 aromatic rings. The lowest BCUT2D eigenvalue weighted by Crippen LogP contribution is -2.30. The van der Waals surface area contributed by atoms with Crippen molar-refractivity contribution in [2.24, 2.45) is 0 Å². The number of anilines is 1. The van der Waals surface area contributed by atoms with Gasteiger partial charge in [0.25, 0.3) is 11.6 Å². The Kier molecular flexibility index (Phi) is 7.17. The molecule has 156 valence electrons. The third kappa shape index (κ3) is 6.14. The second kappa shape index (κ2) is 9.21. The fraction of sp³-hybridized carbons (Fsp3) is 0.278. The molecular weight excluding hydrogens is 422 g/mol. The summed E-state index contributed by atoms with van der Waals surface area (Å²) in [7, 11) is -3.71. The van der Waals surface area contributed by atoms with Crippen LogP contribution in [0.1, 0.15) is 19.4 Å². The van der Waals surface area contributed by atoms with Crippen molar-refractivity contribution in [3.05, 3.63) is 57.1 Å². The molecule has 11 heteroatoms. The Morgan fingerprint density at radius 1 is 1.24 bits per heavy atom. The van der Waals surface area contributed by atoms with E-state index in [2.05, 4.69) is 10.0 Å². The molecule has 0 radical (unpaired) electrons. The first-order chi connectivity index (χ1) is 13.5. The third-order valence-electron chi connectivity index (χ3n) is 3.67. The predicted octanol–water partition coefficient (Wildman–Crippen LogP) is 3.26. The molecule has 29 heavy (non-hydrogen) atoms. The van der Waals surface area contributed by atoms with Gasteiger partial charge < -0.3 is 10.1 Å². The maximum atomic E-state index is 12.2. The average molecular weight is 442 g/mol. The van der Waals surface area contributed by atoms with Crippen molar-refractivity contribution in [1.29, 1.82) is 0 Å². The zero-order valence-electron chi connectivity index (χ0n) is 15.9. The number of carbonyl (C=O) groups excluding carboxylic acids is 1. The van der Waals surface area contributed by atoms with E-state index in [0.29, 0.717) is 11.3 Å². The van der Waals surface area contributed by atoms with Crippen molar-refractivity contribution in [1.82, 2.24) is 4.72 Å². The van der Waals surface area contributed by atoms with Crippen LogP contribution in [0.5, 0.6) is 5.75 Å². The van der Waals surface area contributed by atoms with Crippen LogP contribution in [0.15, 0.2) is 41.3 Å². The summed E-state index contributed by atoms with van der Waals surface area (Å²) >= 11 is 6.07. The molecule has 0 saturated heterocycles. The molecule has 2 rings (SSSR count). The molecular formula is C18H20ClN3O6S. The summed E-state index contributed by atoms with van der Waals surface area (Å²) in [5, 5.41) is 13.4. The summed E-state index contributed by atoms with van der Waals surface area (Å²) in [6.45, 7) is 4.66. The van der Waals surface area contributed by atoms with Gasteiger partial charge in [-0.25, -0.2) is 13.1 Å². The van der Waals surface area contributed by atoms with Gasteiger partial charge in [-0.15, -0.1) is 0 Å². The quantitative estimate of drug-likeness (QED) is 0.478. The molecule has 2 aromatic carbocycles.